The van der Waals surface area contributed by atoms with Crippen LogP contribution in [0.15, 0.2) is 47.4 Å². The predicted molar refractivity (Wildman–Crippen MR) is 69.2 cm³/mol. The van der Waals surface area contributed by atoms with E-state index in [0.717, 1.165) is 5.56 Å². The predicted octanol–water partition coefficient (Wildman–Crippen LogP) is 1.58. The minimum Gasteiger partial charge on any atom is -0.483 e. The molecule has 5 heteroatoms. The number of rotatable bonds is 5. The van der Waals surface area contributed by atoms with Crippen molar-refractivity contribution >= 4 is 5.97 Å². The van der Waals surface area contributed by atoms with Gasteiger partial charge >= 0.3 is 5.97 Å². The second-order valence-corrected chi connectivity index (χ2v) is 4.01. The van der Waals surface area contributed by atoms with Crippen molar-refractivity contribution in [2.45, 2.75) is 13.0 Å². The van der Waals surface area contributed by atoms with E-state index >= 15 is 0 Å². The molecule has 0 aliphatic carbocycles. The molecule has 0 saturated heterocycles. The maximum absolute atomic E-state index is 11.7. The SMILES string of the molecule is O=C(O)Cc1cc[nH]c(=O)c1OCc1ccccc1. The Kier molecular flexibility index (Phi) is 3.97. The van der Waals surface area contributed by atoms with Crippen molar-refractivity contribution in [3.8, 4) is 5.75 Å². The van der Waals surface area contributed by atoms with Gasteiger partial charge in [-0.1, -0.05) is 30.3 Å². The van der Waals surface area contributed by atoms with Gasteiger partial charge in [0.05, 0.1) is 6.42 Å². The Bertz CT molecular complexity index is 619. The third-order valence-corrected chi connectivity index (χ3v) is 2.56. The van der Waals surface area contributed by atoms with Crippen molar-refractivity contribution in [1.82, 2.24) is 4.98 Å². The Labute approximate surface area is 109 Å². The quantitative estimate of drug-likeness (QED) is 0.854. The molecule has 0 spiro atoms. The standard InChI is InChI=1S/C14H13NO4/c16-12(17)8-11-6-7-15-14(18)13(11)19-9-10-4-2-1-3-5-10/h1-7H,8-9H2,(H,15,18)(H,16,17). The third-order valence-electron chi connectivity index (χ3n) is 2.56. The number of nitrogens with one attached hydrogen (secondary N) is 1. The number of aliphatic carboxylic acids is 1. The normalized spacial score (nSPS) is 10.1. The summed E-state index contributed by atoms with van der Waals surface area (Å²) < 4.78 is 5.45. The van der Waals surface area contributed by atoms with Crippen LogP contribution in [0.3, 0.4) is 0 Å². The van der Waals surface area contributed by atoms with Crippen molar-refractivity contribution in [2.75, 3.05) is 0 Å². The van der Waals surface area contributed by atoms with Gasteiger partial charge in [0.15, 0.2) is 5.75 Å². The number of pyridine rings is 1. The van der Waals surface area contributed by atoms with E-state index in [1.54, 1.807) is 0 Å². The molecule has 1 aromatic heterocycles. The number of carboxylic acids is 1. The Morgan fingerprint density at radius 3 is 2.63 bits per heavy atom. The summed E-state index contributed by atoms with van der Waals surface area (Å²) in [6.07, 6.45) is 1.17. The van der Waals surface area contributed by atoms with Crippen LogP contribution in [0, 0.1) is 0 Å². The van der Waals surface area contributed by atoms with Gasteiger partial charge in [0, 0.05) is 11.8 Å². The Balaban J connectivity index is 2.19. The van der Waals surface area contributed by atoms with Crippen molar-refractivity contribution in [1.29, 1.82) is 0 Å². The number of benzene rings is 1. The van der Waals surface area contributed by atoms with Crippen LogP contribution in [0.4, 0.5) is 0 Å². The van der Waals surface area contributed by atoms with Crippen LogP contribution in [0.5, 0.6) is 5.75 Å². The molecular formula is C14H13NO4. The fourth-order valence-electron chi connectivity index (χ4n) is 1.70. The summed E-state index contributed by atoms with van der Waals surface area (Å²) in [6.45, 7) is 0.223. The zero-order chi connectivity index (χ0) is 13.7. The molecule has 2 N–H and O–H groups in total. The van der Waals surface area contributed by atoms with Gasteiger partial charge in [-0.05, 0) is 11.6 Å². The van der Waals surface area contributed by atoms with E-state index in [1.807, 2.05) is 30.3 Å². The Morgan fingerprint density at radius 2 is 1.95 bits per heavy atom. The molecule has 0 aliphatic heterocycles. The molecule has 0 unspecified atom stereocenters. The molecule has 0 radical (unpaired) electrons. The summed E-state index contributed by atoms with van der Waals surface area (Å²) >= 11 is 0. The van der Waals surface area contributed by atoms with Gasteiger partial charge in [0.1, 0.15) is 6.61 Å². The van der Waals surface area contributed by atoms with E-state index in [9.17, 15) is 9.59 Å². The largest absolute Gasteiger partial charge is 0.483 e. The second kappa shape index (κ2) is 5.86. The first-order valence-electron chi connectivity index (χ1n) is 5.76. The average Bonchev–Trinajstić information content (AvgIpc) is 2.38. The molecule has 19 heavy (non-hydrogen) atoms. The molecule has 98 valence electrons. The molecule has 2 aromatic rings. The first-order chi connectivity index (χ1) is 9.16. The van der Waals surface area contributed by atoms with E-state index in [2.05, 4.69) is 4.98 Å². The highest BCUT2D eigenvalue weighted by Crippen LogP contribution is 2.14. The van der Waals surface area contributed by atoms with Gasteiger partial charge in [0.25, 0.3) is 5.56 Å². The molecule has 0 saturated carbocycles. The molecule has 2 rings (SSSR count). The van der Waals surface area contributed by atoms with Crippen LogP contribution >= 0.6 is 0 Å². The van der Waals surface area contributed by atoms with Crippen LogP contribution in [0.25, 0.3) is 0 Å². The maximum atomic E-state index is 11.7. The second-order valence-electron chi connectivity index (χ2n) is 4.01. The minimum atomic E-state index is -1.00. The monoisotopic (exact) mass is 259 g/mol. The van der Waals surface area contributed by atoms with Gasteiger partial charge in [-0.2, -0.15) is 0 Å². The number of ether oxygens (including phenoxy) is 1. The fraction of sp³-hybridized carbons (Fsp3) is 0.143. The first kappa shape index (κ1) is 12.9. The molecule has 0 bridgehead atoms. The molecule has 0 amide bonds. The number of H-pyrrole nitrogens is 1. The van der Waals surface area contributed by atoms with Gasteiger partial charge in [0.2, 0.25) is 0 Å². The van der Waals surface area contributed by atoms with Gasteiger partial charge in [-0.25, -0.2) is 0 Å². The molecular weight excluding hydrogens is 246 g/mol. The summed E-state index contributed by atoms with van der Waals surface area (Å²) in [6, 6.07) is 10.9. The lowest BCUT2D eigenvalue weighted by atomic mass is 10.2. The Hall–Kier alpha value is -2.56. The van der Waals surface area contributed by atoms with Crippen molar-refractivity contribution in [3.63, 3.8) is 0 Å². The van der Waals surface area contributed by atoms with Crippen LogP contribution < -0.4 is 10.3 Å². The topological polar surface area (TPSA) is 79.4 Å². The lowest BCUT2D eigenvalue weighted by Crippen LogP contribution is -2.15. The van der Waals surface area contributed by atoms with Crippen LogP contribution in [-0.2, 0) is 17.8 Å². The molecule has 1 heterocycles. The number of hydrogen-bond donors (Lipinski definition) is 2. The van der Waals surface area contributed by atoms with Gasteiger partial charge in [-0.3, -0.25) is 9.59 Å². The summed E-state index contributed by atoms with van der Waals surface area (Å²) in [7, 11) is 0. The van der Waals surface area contributed by atoms with Crippen LogP contribution in [0.1, 0.15) is 11.1 Å². The lowest BCUT2D eigenvalue weighted by Gasteiger charge is -2.09. The minimum absolute atomic E-state index is 0.0637. The maximum Gasteiger partial charge on any atom is 0.307 e. The highest BCUT2D eigenvalue weighted by atomic mass is 16.5. The van der Waals surface area contributed by atoms with E-state index in [4.69, 9.17) is 9.84 Å². The molecule has 0 fully saturated rings. The van der Waals surface area contributed by atoms with Crippen molar-refractivity contribution in [3.05, 3.63) is 64.1 Å². The number of aromatic amines is 1. The highest BCUT2D eigenvalue weighted by molar-refractivity contribution is 5.71. The zero-order valence-electron chi connectivity index (χ0n) is 10.1. The number of carbonyl (C=O) groups is 1. The molecule has 1 aromatic carbocycles. The molecule has 0 aliphatic rings. The van der Waals surface area contributed by atoms with Crippen molar-refractivity contribution < 1.29 is 14.6 Å². The summed E-state index contributed by atoms with van der Waals surface area (Å²) in [5.41, 5.74) is 0.855. The van der Waals surface area contributed by atoms with Gasteiger partial charge in [-0.15, -0.1) is 0 Å². The van der Waals surface area contributed by atoms with E-state index < -0.39 is 11.5 Å². The highest BCUT2D eigenvalue weighted by Gasteiger charge is 2.11. The van der Waals surface area contributed by atoms with Gasteiger partial charge < -0.3 is 14.8 Å². The summed E-state index contributed by atoms with van der Waals surface area (Å²) in [5, 5.41) is 8.80. The summed E-state index contributed by atoms with van der Waals surface area (Å²) in [4.78, 5) is 24.9. The Morgan fingerprint density at radius 1 is 1.21 bits per heavy atom. The summed E-state index contributed by atoms with van der Waals surface area (Å²) in [5.74, 6) is -0.941. The third kappa shape index (κ3) is 3.45. The molecule has 5 nitrogen and oxygen atoms in total. The van der Waals surface area contributed by atoms with Crippen LogP contribution in [0.2, 0.25) is 0 Å². The fourth-order valence-corrected chi connectivity index (χ4v) is 1.70. The first-order valence-corrected chi connectivity index (χ1v) is 5.76. The van der Waals surface area contributed by atoms with Crippen molar-refractivity contribution in [2.24, 2.45) is 0 Å². The smallest absolute Gasteiger partial charge is 0.307 e. The number of hydrogen-bond acceptors (Lipinski definition) is 3. The van der Waals surface area contributed by atoms with E-state index in [1.165, 1.54) is 12.3 Å². The number of carboxylic acid groups (broad SMARTS) is 1. The average molecular weight is 259 g/mol. The zero-order valence-corrected chi connectivity index (χ0v) is 10.1. The number of aromatic nitrogens is 1. The van der Waals surface area contributed by atoms with E-state index in [-0.39, 0.29) is 18.8 Å². The molecule has 0 atom stereocenters. The van der Waals surface area contributed by atoms with E-state index in [0.29, 0.717) is 5.56 Å². The van der Waals surface area contributed by atoms with Crippen LogP contribution in [-0.4, -0.2) is 16.1 Å². The lowest BCUT2D eigenvalue weighted by molar-refractivity contribution is -0.136.